The molecule has 0 saturated heterocycles. The Balaban J connectivity index is 2.45. The van der Waals surface area contributed by atoms with E-state index in [1.54, 1.807) is 7.11 Å². The third kappa shape index (κ3) is 6.22. The van der Waals surface area contributed by atoms with E-state index < -0.39 is 0 Å². The number of hydrogen-bond acceptors (Lipinski definition) is 3. The highest BCUT2D eigenvalue weighted by Crippen LogP contribution is 2.11. The number of methoxy groups -OCH3 is 1. The van der Waals surface area contributed by atoms with E-state index >= 15 is 0 Å². The smallest absolute Gasteiger partial charge is 0.319 e. The number of hydrogen-bond donors (Lipinski definition) is 3. The van der Waals surface area contributed by atoms with E-state index in [1.807, 2.05) is 31.2 Å². The predicted octanol–water partition coefficient (Wildman–Crippen LogP) is 2.12. The van der Waals surface area contributed by atoms with Gasteiger partial charge < -0.3 is 20.5 Å². The van der Waals surface area contributed by atoms with Gasteiger partial charge in [-0.3, -0.25) is 0 Å². The van der Waals surface area contributed by atoms with Crippen LogP contribution in [0.15, 0.2) is 24.3 Å². The van der Waals surface area contributed by atoms with Crippen LogP contribution in [0.25, 0.3) is 0 Å². The largest absolute Gasteiger partial charge is 0.396 e. The Morgan fingerprint density at radius 3 is 2.95 bits per heavy atom. The van der Waals surface area contributed by atoms with Gasteiger partial charge in [-0.05, 0) is 37.5 Å². The van der Waals surface area contributed by atoms with Crippen LogP contribution < -0.4 is 10.6 Å². The van der Waals surface area contributed by atoms with Crippen LogP contribution in [0, 0.1) is 0 Å². The Kier molecular flexibility index (Phi) is 6.92. The van der Waals surface area contributed by atoms with Crippen LogP contribution in [0.2, 0.25) is 0 Å². The van der Waals surface area contributed by atoms with Gasteiger partial charge in [0.05, 0.1) is 6.61 Å². The quantitative estimate of drug-likeness (QED) is 0.708. The molecule has 1 rings (SSSR count). The molecule has 0 aliphatic heterocycles. The summed E-state index contributed by atoms with van der Waals surface area (Å²) in [6, 6.07) is 7.32. The Labute approximate surface area is 114 Å². The van der Waals surface area contributed by atoms with Gasteiger partial charge in [-0.2, -0.15) is 0 Å². The number of carbonyl (C=O) groups is 1. The Morgan fingerprint density at radius 1 is 1.47 bits per heavy atom. The first-order valence-electron chi connectivity index (χ1n) is 6.42. The lowest BCUT2D eigenvalue weighted by Crippen LogP contribution is -2.36. The van der Waals surface area contributed by atoms with E-state index in [2.05, 4.69) is 10.6 Å². The standard InChI is InChI=1S/C14H22N2O3/c1-11(5-4-8-17)15-14(18)16-13-7-3-6-12(9-13)10-19-2/h3,6-7,9,11,17H,4-5,8,10H2,1-2H3,(H2,15,16,18). The zero-order valence-electron chi connectivity index (χ0n) is 11.5. The number of carbonyl (C=O) groups excluding carboxylic acids is 1. The summed E-state index contributed by atoms with van der Waals surface area (Å²) in [6.07, 6.45) is 1.44. The normalized spacial score (nSPS) is 11.9. The van der Waals surface area contributed by atoms with Crippen molar-refractivity contribution < 1.29 is 14.6 Å². The molecule has 1 aromatic carbocycles. The molecule has 5 nitrogen and oxygen atoms in total. The lowest BCUT2D eigenvalue weighted by molar-refractivity contribution is 0.185. The zero-order chi connectivity index (χ0) is 14.1. The summed E-state index contributed by atoms with van der Waals surface area (Å²) in [5.74, 6) is 0. The highest BCUT2D eigenvalue weighted by Gasteiger charge is 2.07. The Morgan fingerprint density at radius 2 is 2.26 bits per heavy atom. The maximum Gasteiger partial charge on any atom is 0.319 e. The second-order valence-electron chi connectivity index (χ2n) is 4.50. The number of urea groups is 1. The van der Waals surface area contributed by atoms with Crippen molar-refractivity contribution in [3.8, 4) is 0 Å². The third-order valence-electron chi connectivity index (χ3n) is 2.67. The molecule has 0 heterocycles. The van der Waals surface area contributed by atoms with Crippen LogP contribution in [0.4, 0.5) is 10.5 Å². The van der Waals surface area contributed by atoms with Crippen LogP contribution in [-0.4, -0.2) is 30.9 Å². The molecular formula is C14H22N2O3. The van der Waals surface area contributed by atoms with Crippen molar-refractivity contribution in [1.29, 1.82) is 0 Å². The molecule has 106 valence electrons. The lowest BCUT2D eigenvalue weighted by Gasteiger charge is -2.14. The number of ether oxygens (including phenoxy) is 1. The van der Waals surface area contributed by atoms with Crippen LogP contribution in [0.5, 0.6) is 0 Å². The number of aliphatic hydroxyl groups excluding tert-OH is 1. The van der Waals surface area contributed by atoms with E-state index in [-0.39, 0.29) is 18.7 Å². The predicted molar refractivity (Wildman–Crippen MR) is 75.1 cm³/mol. The molecule has 5 heteroatoms. The van der Waals surface area contributed by atoms with E-state index in [9.17, 15) is 4.79 Å². The maximum atomic E-state index is 11.7. The van der Waals surface area contributed by atoms with Gasteiger partial charge in [0.2, 0.25) is 0 Å². The Bertz CT molecular complexity index is 396. The van der Waals surface area contributed by atoms with Gasteiger partial charge >= 0.3 is 6.03 Å². The van der Waals surface area contributed by atoms with Crippen LogP contribution in [-0.2, 0) is 11.3 Å². The topological polar surface area (TPSA) is 70.6 Å². The van der Waals surface area contributed by atoms with Gasteiger partial charge in [-0.25, -0.2) is 4.79 Å². The SMILES string of the molecule is COCc1cccc(NC(=O)NC(C)CCCO)c1. The number of aliphatic hydroxyl groups is 1. The van der Waals surface area contributed by atoms with Gasteiger partial charge in [0.15, 0.2) is 0 Å². The van der Waals surface area contributed by atoms with Gasteiger partial charge in [-0.1, -0.05) is 12.1 Å². The minimum absolute atomic E-state index is 0.0364. The second-order valence-corrected chi connectivity index (χ2v) is 4.50. The summed E-state index contributed by atoms with van der Waals surface area (Å²) >= 11 is 0. The van der Waals surface area contributed by atoms with Crippen LogP contribution in [0.1, 0.15) is 25.3 Å². The Hall–Kier alpha value is -1.59. The summed E-state index contributed by atoms with van der Waals surface area (Å²) in [5.41, 5.74) is 1.75. The van der Waals surface area contributed by atoms with Gasteiger partial charge in [0.1, 0.15) is 0 Å². The molecule has 1 aromatic rings. The number of benzene rings is 1. The number of anilines is 1. The average Bonchev–Trinajstić information content (AvgIpc) is 2.37. The maximum absolute atomic E-state index is 11.7. The summed E-state index contributed by atoms with van der Waals surface area (Å²) in [5, 5.41) is 14.3. The summed E-state index contributed by atoms with van der Waals surface area (Å²) in [6.45, 7) is 2.58. The third-order valence-corrected chi connectivity index (χ3v) is 2.67. The van der Waals surface area contributed by atoms with E-state index in [0.29, 0.717) is 13.0 Å². The first-order chi connectivity index (χ1) is 9.15. The molecule has 0 aliphatic rings. The first kappa shape index (κ1) is 15.5. The van der Waals surface area contributed by atoms with Crippen LogP contribution in [0.3, 0.4) is 0 Å². The monoisotopic (exact) mass is 266 g/mol. The first-order valence-corrected chi connectivity index (χ1v) is 6.42. The fourth-order valence-electron chi connectivity index (χ4n) is 1.77. The molecule has 1 unspecified atom stereocenters. The molecule has 0 aliphatic carbocycles. The summed E-state index contributed by atoms with van der Waals surface area (Å²) < 4.78 is 5.04. The summed E-state index contributed by atoms with van der Waals surface area (Å²) in [7, 11) is 1.63. The van der Waals surface area contributed by atoms with Crippen LogP contribution >= 0.6 is 0 Å². The molecular weight excluding hydrogens is 244 g/mol. The van der Waals surface area contributed by atoms with E-state index in [0.717, 1.165) is 17.7 Å². The average molecular weight is 266 g/mol. The van der Waals surface area contributed by atoms with Crippen molar-refractivity contribution in [2.75, 3.05) is 19.0 Å². The molecule has 0 radical (unpaired) electrons. The van der Waals surface area contributed by atoms with E-state index in [1.165, 1.54) is 0 Å². The fourth-order valence-corrected chi connectivity index (χ4v) is 1.77. The zero-order valence-corrected chi connectivity index (χ0v) is 11.5. The van der Waals surface area contributed by atoms with Gasteiger partial charge in [-0.15, -0.1) is 0 Å². The minimum atomic E-state index is -0.236. The van der Waals surface area contributed by atoms with E-state index in [4.69, 9.17) is 9.84 Å². The fraction of sp³-hybridized carbons (Fsp3) is 0.500. The molecule has 0 bridgehead atoms. The molecule has 0 saturated carbocycles. The van der Waals surface area contributed by atoms with Crippen molar-refractivity contribution in [3.05, 3.63) is 29.8 Å². The highest BCUT2D eigenvalue weighted by molar-refractivity contribution is 5.89. The number of nitrogens with one attached hydrogen (secondary N) is 2. The van der Waals surface area contributed by atoms with Crippen molar-refractivity contribution in [1.82, 2.24) is 5.32 Å². The molecule has 0 spiro atoms. The van der Waals surface area contributed by atoms with Gasteiger partial charge in [0, 0.05) is 25.4 Å². The van der Waals surface area contributed by atoms with Gasteiger partial charge in [0.25, 0.3) is 0 Å². The molecule has 2 amide bonds. The number of amides is 2. The lowest BCUT2D eigenvalue weighted by atomic mass is 10.2. The number of rotatable bonds is 7. The van der Waals surface area contributed by atoms with Crippen molar-refractivity contribution in [3.63, 3.8) is 0 Å². The van der Waals surface area contributed by atoms with Crippen molar-refractivity contribution in [2.45, 2.75) is 32.4 Å². The highest BCUT2D eigenvalue weighted by atomic mass is 16.5. The van der Waals surface area contributed by atoms with Crippen molar-refractivity contribution in [2.24, 2.45) is 0 Å². The molecule has 0 aromatic heterocycles. The molecule has 0 fully saturated rings. The minimum Gasteiger partial charge on any atom is -0.396 e. The molecule has 19 heavy (non-hydrogen) atoms. The van der Waals surface area contributed by atoms with Crippen molar-refractivity contribution >= 4 is 11.7 Å². The second kappa shape index (κ2) is 8.50. The molecule has 3 N–H and O–H groups in total. The summed E-state index contributed by atoms with van der Waals surface area (Å²) in [4.78, 5) is 11.7. The molecule has 1 atom stereocenters.